The minimum Gasteiger partial charge on any atom is -0.468 e. The topological polar surface area (TPSA) is 38.3 Å². The van der Waals surface area contributed by atoms with Crippen molar-refractivity contribution in [3.63, 3.8) is 0 Å². The first-order chi connectivity index (χ1) is 9.39. The van der Waals surface area contributed by atoms with Crippen LogP contribution in [0.1, 0.15) is 44.9 Å². The Labute approximate surface area is 125 Å². The minimum absolute atomic E-state index is 0.114. The molecule has 0 aromatic carbocycles. The van der Waals surface area contributed by atoms with Crippen molar-refractivity contribution < 1.29 is 9.53 Å². The first-order valence-corrected chi connectivity index (χ1v) is 8.13. The van der Waals surface area contributed by atoms with E-state index < -0.39 is 5.54 Å². The van der Waals surface area contributed by atoms with Crippen molar-refractivity contribution in [2.24, 2.45) is 11.3 Å². The number of thiophene rings is 1. The summed E-state index contributed by atoms with van der Waals surface area (Å²) in [7, 11) is 1.49. The van der Waals surface area contributed by atoms with Crippen LogP contribution in [0.25, 0.3) is 0 Å². The quantitative estimate of drug-likeness (QED) is 0.863. The molecule has 1 fully saturated rings. The zero-order chi connectivity index (χ0) is 14.8. The second-order valence-electron chi connectivity index (χ2n) is 6.67. The van der Waals surface area contributed by atoms with Gasteiger partial charge in [-0.3, -0.25) is 10.1 Å². The second-order valence-corrected chi connectivity index (χ2v) is 7.70. The lowest BCUT2D eigenvalue weighted by atomic mass is 9.63. The fourth-order valence-corrected chi connectivity index (χ4v) is 4.01. The van der Waals surface area contributed by atoms with Gasteiger partial charge in [0.2, 0.25) is 0 Å². The number of rotatable bonds is 4. The van der Waals surface area contributed by atoms with Crippen LogP contribution in [0.5, 0.6) is 0 Å². The van der Waals surface area contributed by atoms with Gasteiger partial charge in [0, 0.05) is 11.4 Å². The van der Waals surface area contributed by atoms with Gasteiger partial charge in [0.25, 0.3) is 0 Å². The third-order valence-corrected chi connectivity index (χ3v) is 5.48. The van der Waals surface area contributed by atoms with Crippen molar-refractivity contribution >= 4 is 17.3 Å². The average Bonchev–Trinajstić information content (AvgIpc) is 2.90. The molecule has 1 aliphatic carbocycles. The van der Waals surface area contributed by atoms with Gasteiger partial charge in [-0.1, -0.05) is 26.8 Å². The minimum atomic E-state index is -0.533. The van der Waals surface area contributed by atoms with Crippen molar-refractivity contribution in [2.75, 3.05) is 7.11 Å². The van der Waals surface area contributed by atoms with E-state index in [9.17, 15) is 4.79 Å². The van der Waals surface area contributed by atoms with Crippen LogP contribution in [-0.2, 0) is 16.1 Å². The van der Waals surface area contributed by atoms with E-state index in [1.165, 1.54) is 12.0 Å². The molecule has 1 N–H and O–H groups in total. The highest BCUT2D eigenvalue weighted by Crippen LogP contribution is 2.44. The van der Waals surface area contributed by atoms with Crippen LogP contribution in [0.4, 0.5) is 0 Å². The van der Waals surface area contributed by atoms with E-state index in [0.29, 0.717) is 5.41 Å². The normalized spacial score (nSPS) is 29.1. The Morgan fingerprint density at radius 2 is 2.25 bits per heavy atom. The molecule has 4 heteroatoms. The Hall–Kier alpha value is -0.870. The number of carbonyl (C=O) groups is 1. The number of carbonyl (C=O) groups excluding carboxylic acids is 1. The van der Waals surface area contributed by atoms with Crippen molar-refractivity contribution in [3.05, 3.63) is 22.4 Å². The molecule has 1 aliphatic rings. The highest BCUT2D eigenvalue weighted by molar-refractivity contribution is 7.09. The Bertz CT molecular complexity index is 455. The highest BCUT2D eigenvalue weighted by Gasteiger charge is 2.49. The van der Waals surface area contributed by atoms with E-state index in [0.717, 1.165) is 25.8 Å². The average molecular weight is 295 g/mol. The van der Waals surface area contributed by atoms with Crippen LogP contribution in [0, 0.1) is 11.3 Å². The van der Waals surface area contributed by atoms with Crippen LogP contribution in [-0.4, -0.2) is 18.6 Å². The predicted octanol–water partition coefficient (Wildman–Crippen LogP) is 3.60. The summed E-state index contributed by atoms with van der Waals surface area (Å²) in [4.78, 5) is 13.6. The van der Waals surface area contributed by atoms with Gasteiger partial charge in [-0.25, -0.2) is 0 Å². The van der Waals surface area contributed by atoms with Crippen LogP contribution in [0.2, 0.25) is 0 Å². The first-order valence-electron chi connectivity index (χ1n) is 7.25. The van der Waals surface area contributed by atoms with Gasteiger partial charge in [-0.15, -0.1) is 11.3 Å². The van der Waals surface area contributed by atoms with Gasteiger partial charge in [-0.2, -0.15) is 0 Å². The zero-order valence-electron chi connectivity index (χ0n) is 12.9. The molecule has 0 spiro atoms. The van der Waals surface area contributed by atoms with Gasteiger partial charge >= 0.3 is 5.97 Å². The number of esters is 1. The van der Waals surface area contributed by atoms with Gasteiger partial charge in [0.05, 0.1) is 7.11 Å². The van der Waals surface area contributed by atoms with E-state index >= 15 is 0 Å². The molecule has 2 atom stereocenters. The third kappa shape index (κ3) is 3.07. The number of hydrogen-bond donors (Lipinski definition) is 1. The fraction of sp³-hybridized carbons (Fsp3) is 0.688. The molecule has 0 bridgehead atoms. The van der Waals surface area contributed by atoms with Gasteiger partial charge in [0.1, 0.15) is 5.54 Å². The molecule has 1 heterocycles. The van der Waals surface area contributed by atoms with Crippen molar-refractivity contribution in [3.8, 4) is 0 Å². The Balaban J connectivity index is 2.16. The monoisotopic (exact) mass is 295 g/mol. The molecule has 1 saturated carbocycles. The van der Waals surface area contributed by atoms with E-state index in [1.807, 2.05) is 6.07 Å². The van der Waals surface area contributed by atoms with Crippen LogP contribution in [0.15, 0.2) is 17.5 Å². The summed E-state index contributed by atoms with van der Waals surface area (Å²) in [6.07, 6.45) is 2.93. The van der Waals surface area contributed by atoms with Gasteiger partial charge in [-0.05, 0) is 42.0 Å². The fourth-order valence-electron chi connectivity index (χ4n) is 3.37. The molecule has 20 heavy (non-hydrogen) atoms. The van der Waals surface area contributed by atoms with Crippen LogP contribution in [0.3, 0.4) is 0 Å². The summed E-state index contributed by atoms with van der Waals surface area (Å²) in [6, 6.07) is 4.14. The van der Waals surface area contributed by atoms with Gasteiger partial charge < -0.3 is 4.74 Å². The lowest BCUT2D eigenvalue weighted by Crippen LogP contribution is -2.60. The summed E-state index contributed by atoms with van der Waals surface area (Å²) in [5.41, 5.74) is -0.226. The Kier molecular flexibility index (Phi) is 4.55. The maximum Gasteiger partial charge on any atom is 0.326 e. The predicted molar refractivity (Wildman–Crippen MR) is 82.7 cm³/mol. The lowest BCUT2D eigenvalue weighted by molar-refractivity contribution is -0.154. The second kappa shape index (κ2) is 5.86. The van der Waals surface area contributed by atoms with E-state index in [-0.39, 0.29) is 11.9 Å². The van der Waals surface area contributed by atoms with Crippen molar-refractivity contribution in [1.82, 2.24) is 5.32 Å². The van der Waals surface area contributed by atoms with Crippen molar-refractivity contribution in [1.29, 1.82) is 0 Å². The number of methoxy groups -OCH3 is 1. The molecule has 1 aromatic rings. The van der Waals surface area contributed by atoms with Crippen LogP contribution >= 0.6 is 11.3 Å². The summed E-state index contributed by atoms with van der Waals surface area (Å²) >= 11 is 1.72. The molecule has 1 aromatic heterocycles. The standard InChI is InChI=1S/C16H25NO2S/c1-12-10-15(2,3)7-8-16(12,14(18)19-4)17-11-13-6-5-9-20-13/h5-6,9,12,17H,7-8,10-11H2,1-4H3. The van der Waals surface area contributed by atoms with Crippen molar-refractivity contribution in [2.45, 2.75) is 52.1 Å². The molecule has 0 amide bonds. The molecule has 2 unspecified atom stereocenters. The molecule has 2 rings (SSSR count). The van der Waals surface area contributed by atoms with E-state index in [1.54, 1.807) is 11.3 Å². The molecular weight excluding hydrogens is 270 g/mol. The number of hydrogen-bond acceptors (Lipinski definition) is 4. The number of ether oxygens (including phenoxy) is 1. The highest BCUT2D eigenvalue weighted by atomic mass is 32.1. The summed E-state index contributed by atoms with van der Waals surface area (Å²) in [5, 5.41) is 5.58. The molecule has 0 aliphatic heterocycles. The summed E-state index contributed by atoms with van der Waals surface area (Å²) in [6.45, 7) is 7.46. The summed E-state index contributed by atoms with van der Waals surface area (Å²) < 4.78 is 5.10. The Morgan fingerprint density at radius 1 is 1.50 bits per heavy atom. The first kappa shape index (κ1) is 15.5. The SMILES string of the molecule is COC(=O)C1(NCc2cccs2)CCC(C)(C)CC1C. The number of nitrogens with one attached hydrogen (secondary N) is 1. The van der Waals surface area contributed by atoms with Crippen LogP contribution < -0.4 is 5.32 Å². The van der Waals surface area contributed by atoms with E-state index in [2.05, 4.69) is 37.5 Å². The molecular formula is C16H25NO2S. The zero-order valence-corrected chi connectivity index (χ0v) is 13.7. The largest absolute Gasteiger partial charge is 0.468 e. The summed E-state index contributed by atoms with van der Waals surface area (Å²) in [5.74, 6) is 0.163. The third-order valence-electron chi connectivity index (χ3n) is 4.60. The molecule has 0 saturated heterocycles. The maximum atomic E-state index is 12.4. The maximum absolute atomic E-state index is 12.4. The van der Waals surface area contributed by atoms with E-state index in [4.69, 9.17) is 4.74 Å². The molecule has 0 radical (unpaired) electrons. The smallest absolute Gasteiger partial charge is 0.326 e. The lowest BCUT2D eigenvalue weighted by Gasteiger charge is -2.46. The molecule has 112 valence electrons. The molecule has 3 nitrogen and oxygen atoms in total. The van der Waals surface area contributed by atoms with Gasteiger partial charge in [0.15, 0.2) is 0 Å². The Morgan fingerprint density at radius 3 is 2.80 bits per heavy atom.